The number of anilines is 1. The van der Waals surface area contributed by atoms with E-state index in [2.05, 4.69) is 9.88 Å². The number of halogens is 3. The molecule has 196 valence electrons. The molecule has 0 spiro atoms. The van der Waals surface area contributed by atoms with Gasteiger partial charge in [-0.2, -0.15) is 13.2 Å². The van der Waals surface area contributed by atoms with Crippen LogP contribution >= 0.6 is 11.3 Å². The van der Waals surface area contributed by atoms with Crippen LogP contribution in [0.5, 0.6) is 0 Å². The minimum absolute atomic E-state index is 0.108. The smallest absolute Gasteiger partial charge is 0.416 e. The summed E-state index contributed by atoms with van der Waals surface area (Å²) in [6.07, 6.45) is -2.63. The maximum Gasteiger partial charge on any atom is 0.416 e. The second-order valence-corrected chi connectivity index (χ2v) is 10.1. The largest absolute Gasteiger partial charge is 0.469 e. The second-order valence-electron chi connectivity index (χ2n) is 9.13. The number of carbonyl (C=O) groups excluding carboxylic acids is 2. The average Bonchev–Trinajstić information content (AvgIpc) is 3.29. The van der Waals surface area contributed by atoms with Gasteiger partial charge in [0.2, 0.25) is 0 Å². The average molecular weight is 532 g/mol. The van der Waals surface area contributed by atoms with E-state index in [4.69, 9.17) is 10.5 Å². The van der Waals surface area contributed by atoms with Crippen molar-refractivity contribution in [2.24, 2.45) is 11.7 Å². The number of rotatable bonds is 7. The van der Waals surface area contributed by atoms with Crippen LogP contribution in [-0.4, -0.2) is 43.0 Å². The number of ketones is 1. The molecule has 0 aliphatic carbocycles. The Bertz CT molecular complexity index is 1270. The van der Waals surface area contributed by atoms with Crippen LogP contribution in [0.2, 0.25) is 0 Å². The van der Waals surface area contributed by atoms with Gasteiger partial charge in [0, 0.05) is 24.3 Å². The highest BCUT2D eigenvalue weighted by molar-refractivity contribution is 7.17. The summed E-state index contributed by atoms with van der Waals surface area (Å²) in [6.45, 7) is 3.06. The summed E-state index contributed by atoms with van der Waals surface area (Å²) in [6, 6.07) is 11.6. The first kappa shape index (κ1) is 26.8. The Morgan fingerprint density at radius 3 is 2.57 bits per heavy atom. The number of piperidine rings is 1. The molecule has 3 aromatic rings. The van der Waals surface area contributed by atoms with E-state index < -0.39 is 17.8 Å². The molecule has 2 unspecified atom stereocenters. The van der Waals surface area contributed by atoms with Crippen LogP contribution in [0.15, 0.2) is 48.5 Å². The third kappa shape index (κ3) is 6.02. The number of hydrogen-bond acceptors (Lipinski definition) is 7. The number of aryl methyl sites for hydroxylation is 1. The van der Waals surface area contributed by atoms with Crippen molar-refractivity contribution in [2.45, 2.75) is 38.4 Å². The Morgan fingerprint density at radius 2 is 1.89 bits per heavy atom. The molecule has 0 amide bonds. The lowest BCUT2D eigenvalue weighted by Crippen LogP contribution is -2.47. The fraction of sp³-hybridized carbons (Fsp3) is 0.370. The van der Waals surface area contributed by atoms with E-state index in [1.807, 2.05) is 24.3 Å². The molecule has 10 heteroatoms. The van der Waals surface area contributed by atoms with Gasteiger partial charge in [-0.1, -0.05) is 30.3 Å². The fourth-order valence-corrected chi connectivity index (χ4v) is 5.69. The van der Waals surface area contributed by atoms with Crippen LogP contribution in [0.4, 0.5) is 18.9 Å². The summed E-state index contributed by atoms with van der Waals surface area (Å²) in [5.74, 6) is -0.649. The highest BCUT2D eigenvalue weighted by atomic mass is 32.1. The minimum atomic E-state index is -4.42. The predicted octanol–water partition coefficient (Wildman–Crippen LogP) is 5.28. The molecule has 2 atom stereocenters. The van der Waals surface area contributed by atoms with Gasteiger partial charge in [-0.05, 0) is 49.4 Å². The number of nitrogens with zero attached hydrogens (tertiary/aromatic N) is 2. The number of carbonyl (C=O) groups is 2. The number of aromatic nitrogens is 1. The maximum atomic E-state index is 13.4. The lowest BCUT2D eigenvalue weighted by atomic mass is 9.87. The molecule has 0 radical (unpaired) electrons. The number of ether oxygens (including phenoxy) is 1. The Hall–Kier alpha value is -3.24. The zero-order valence-corrected chi connectivity index (χ0v) is 21.4. The normalized spacial score (nSPS) is 16.9. The summed E-state index contributed by atoms with van der Waals surface area (Å²) >= 11 is 1.15. The van der Waals surface area contributed by atoms with Gasteiger partial charge in [0.05, 0.1) is 35.7 Å². The van der Waals surface area contributed by atoms with Crippen molar-refractivity contribution < 1.29 is 27.5 Å². The number of nitrogens with two attached hydrogens (primary N) is 1. The number of benzene rings is 2. The summed E-state index contributed by atoms with van der Waals surface area (Å²) in [4.78, 5) is 32.3. The monoisotopic (exact) mass is 531 g/mol. The van der Waals surface area contributed by atoms with Crippen LogP contribution in [0.1, 0.15) is 39.3 Å². The summed E-state index contributed by atoms with van der Waals surface area (Å²) in [5, 5.41) is 0.476. The van der Waals surface area contributed by atoms with E-state index in [-0.39, 0.29) is 24.1 Å². The number of esters is 1. The third-order valence-corrected chi connectivity index (χ3v) is 7.86. The summed E-state index contributed by atoms with van der Waals surface area (Å²) in [7, 11) is 1.36. The number of hydrogen-bond donors (Lipinski definition) is 1. The van der Waals surface area contributed by atoms with Crippen molar-refractivity contribution in [1.29, 1.82) is 0 Å². The predicted molar refractivity (Wildman–Crippen MR) is 137 cm³/mol. The highest BCUT2D eigenvalue weighted by Crippen LogP contribution is 2.34. The number of Topliss-reactive ketones (excluding diaryl/α,β-unsaturated/α-hetero) is 1. The molecule has 1 fully saturated rings. The highest BCUT2D eigenvalue weighted by Gasteiger charge is 2.33. The number of thiazole rings is 1. The number of alkyl halides is 3. The Balaban J connectivity index is 1.50. The van der Waals surface area contributed by atoms with Crippen molar-refractivity contribution in [3.8, 4) is 10.6 Å². The molecular weight excluding hydrogens is 503 g/mol. The first-order valence-electron chi connectivity index (χ1n) is 11.9. The molecule has 37 heavy (non-hydrogen) atoms. The van der Waals surface area contributed by atoms with Crippen LogP contribution < -0.4 is 10.6 Å². The van der Waals surface area contributed by atoms with Gasteiger partial charge >= 0.3 is 12.1 Å². The molecule has 1 aliphatic heterocycles. The molecule has 4 rings (SSSR count). The van der Waals surface area contributed by atoms with Gasteiger partial charge in [-0.15, -0.1) is 11.3 Å². The van der Waals surface area contributed by atoms with Crippen molar-refractivity contribution >= 4 is 28.8 Å². The van der Waals surface area contributed by atoms with E-state index in [1.54, 1.807) is 6.92 Å². The van der Waals surface area contributed by atoms with Gasteiger partial charge in [-0.3, -0.25) is 9.59 Å². The molecule has 1 aromatic heterocycles. The van der Waals surface area contributed by atoms with E-state index in [0.29, 0.717) is 27.7 Å². The number of para-hydroxylation sites is 1. The topological polar surface area (TPSA) is 85.5 Å². The van der Waals surface area contributed by atoms with E-state index in [0.717, 1.165) is 54.1 Å². The Labute approximate surface area is 217 Å². The molecule has 0 bridgehead atoms. The van der Waals surface area contributed by atoms with Crippen molar-refractivity contribution in [3.05, 3.63) is 70.2 Å². The molecule has 2 N–H and O–H groups in total. The zero-order valence-electron chi connectivity index (χ0n) is 20.5. The third-order valence-electron chi connectivity index (χ3n) is 6.64. The number of methoxy groups -OCH3 is 1. The van der Waals surface area contributed by atoms with Gasteiger partial charge in [0.25, 0.3) is 0 Å². The van der Waals surface area contributed by atoms with Gasteiger partial charge < -0.3 is 15.4 Å². The van der Waals surface area contributed by atoms with Crippen molar-refractivity contribution in [3.63, 3.8) is 0 Å². The summed E-state index contributed by atoms with van der Waals surface area (Å²) in [5.41, 5.74) is 8.56. The molecule has 2 heterocycles. The van der Waals surface area contributed by atoms with Crippen LogP contribution in [0.3, 0.4) is 0 Å². The Kier molecular flexibility index (Phi) is 7.99. The van der Waals surface area contributed by atoms with E-state index in [9.17, 15) is 22.8 Å². The lowest BCUT2D eigenvalue weighted by molar-refractivity contribution is -0.140. The molecule has 0 saturated carbocycles. The standard InChI is InChI=1S/C27H28F3N3O3S/c1-16-25(37-26(32-16)17-9-11-20(12-10-17)27(28,29)30)24(35)23(31)19-7-5-13-33(15-19)21-8-4-3-6-18(21)14-22(34)36-2/h3-4,6,8-12,19,23H,5,7,13-15,31H2,1-2H3. The zero-order chi connectivity index (χ0) is 26.7. The molecular formula is C27H28F3N3O3S. The van der Waals surface area contributed by atoms with Gasteiger partial charge in [-0.25, -0.2) is 4.98 Å². The van der Waals surface area contributed by atoms with Crippen LogP contribution in [0.25, 0.3) is 10.6 Å². The second kappa shape index (κ2) is 11.0. The SMILES string of the molecule is COC(=O)Cc1ccccc1N1CCCC(C(N)C(=O)c2sc(-c3ccc(C(F)(F)F)cc3)nc2C)C1. The fourth-order valence-electron chi connectivity index (χ4n) is 4.63. The molecule has 2 aromatic carbocycles. The quantitative estimate of drug-likeness (QED) is 0.330. The Morgan fingerprint density at radius 1 is 1.19 bits per heavy atom. The molecule has 1 saturated heterocycles. The molecule has 6 nitrogen and oxygen atoms in total. The van der Waals surface area contributed by atoms with Crippen LogP contribution in [0, 0.1) is 12.8 Å². The minimum Gasteiger partial charge on any atom is -0.469 e. The molecule has 1 aliphatic rings. The first-order valence-corrected chi connectivity index (χ1v) is 12.7. The van der Waals surface area contributed by atoms with Crippen molar-refractivity contribution in [1.82, 2.24) is 4.98 Å². The van der Waals surface area contributed by atoms with Crippen LogP contribution in [-0.2, 0) is 22.1 Å². The van der Waals surface area contributed by atoms with Crippen molar-refractivity contribution in [2.75, 3.05) is 25.1 Å². The van der Waals surface area contributed by atoms with E-state index in [1.165, 1.54) is 19.2 Å². The van der Waals surface area contributed by atoms with E-state index >= 15 is 0 Å². The maximum absolute atomic E-state index is 13.4. The lowest BCUT2D eigenvalue weighted by Gasteiger charge is -2.37. The van der Waals surface area contributed by atoms with Gasteiger partial charge in [0.1, 0.15) is 5.01 Å². The first-order chi connectivity index (χ1) is 17.6. The van der Waals surface area contributed by atoms with Gasteiger partial charge in [0.15, 0.2) is 5.78 Å². The summed E-state index contributed by atoms with van der Waals surface area (Å²) < 4.78 is 43.5.